The fourth-order valence-corrected chi connectivity index (χ4v) is 4.47. The number of benzene rings is 2. The van der Waals surface area contributed by atoms with Gasteiger partial charge in [0.15, 0.2) is 5.78 Å². The Morgan fingerprint density at radius 3 is 1.10 bits per heavy atom. The topological polar surface area (TPSA) is 35.5 Å². The normalized spacial score (nSPS) is 13.1. The van der Waals surface area contributed by atoms with E-state index < -0.39 is 16.6 Å². The van der Waals surface area contributed by atoms with E-state index in [-0.39, 0.29) is 15.9 Å². The summed E-state index contributed by atoms with van der Waals surface area (Å²) >= 11 is 0. The lowest BCUT2D eigenvalue weighted by atomic mass is 10.0. The van der Waals surface area contributed by atoms with E-state index in [0.717, 1.165) is 11.5 Å². The lowest BCUT2D eigenvalue weighted by Crippen LogP contribution is -2.43. The van der Waals surface area contributed by atoms with Crippen LogP contribution in [0.25, 0.3) is 0 Å². The molecule has 0 saturated carbocycles. The molecule has 2 aromatic rings. The highest BCUT2D eigenvalue weighted by atomic mass is 28.4. The first-order chi connectivity index (χ1) is 13.5. The lowest BCUT2D eigenvalue weighted by molar-refractivity contribution is 0.103. The molecule has 0 heterocycles. The number of carbonyl (C=O) groups excluding carboxylic acids is 1. The Labute approximate surface area is 185 Å². The molecule has 0 bridgehead atoms. The summed E-state index contributed by atoms with van der Waals surface area (Å²) in [5, 5.41) is 0.269. The highest BCUT2D eigenvalue weighted by molar-refractivity contribution is 6.75. The van der Waals surface area contributed by atoms with Crippen molar-refractivity contribution in [2.24, 2.45) is 0 Å². The zero-order chi connectivity index (χ0) is 23.0. The Hall–Kier alpha value is -1.86. The van der Waals surface area contributed by atoms with Crippen LogP contribution in [0.4, 0.5) is 0 Å². The zero-order valence-corrected chi connectivity index (χ0v) is 22.3. The van der Waals surface area contributed by atoms with Crippen LogP contribution >= 0.6 is 0 Å². The van der Waals surface area contributed by atoms with Crippen molar-refractivity contribution in [3.63, 3.8) is 0 Å². The Balaban J connectivity index is 2.12. The maximum Gasteiger partial charge on any atom is 0.250 e. The van der Waals surface area contributed by atoms with Gasteiger partial charge >= 0.3 is 0 Å². The predicted molar refractivity (Wildman–Crippen MR) is 132 cm³/mol. The molecule has 0 aliphatic heterocycles. The first kappa shape index (κ1) is 24.4. The average molecular weight is 443 g/mol. The number of hydrogen-bond donors (Lipinski definition) is 0. The van der Waals surface area contributed by atoms with Crippen LogP contribution in [-0.4, -0.2) is 22.4 Å². The summed E-state index contributed by atoms with van der Waals surface area (Å²) in [6, 6.07) is 15.0. The van der Waals surface area contributed by atoms with Crippen molar-refractivity contribution in [2.75, 3.05) is 0 Å². The van der Waals surface area contributed by atoms with Gasteiger partial charge in [0.2, 0.25) is 16.6 Å². The monoisotopic (exact) mass is 442 g/mol. The Bertz CT molecular complexity index is 795. The number of ketones is 1. The second-order valence-corrected chi connectivity index (χ2v) is 20.6. The molecule has 5 heteroatoms. The Kier molecular flexibility index (Phi) is 6.79. The second-order valence-electron chi connectivity index (χ2n) is 11.1. The van der Waals surface area contributed by atoms with Crippen molar-refractivity contribution >= 4 is 22.4 Å². The zero-order valence-electron chi connectivity index (χ0n) is 20.3. The van der Waals surface area contributed by atoms with Gasteiger partial charge in [-0.05, 0) is 84.8 Å². The van der Waals surface area contributed by atoms with Crippen molar-refractivity contribution in [3.8, 4) is 11.5 Å². The molecule has 0 N–H and O–H groups in total. The van der Waals surface area contributed by atoms with E-state index in [0.29, 0.717) is 11.1 Å². The highest BCUT2D eigenvalue weighted by Crippen LogP contribution is 2.38. The van der Waals surface area contributed by atoms with Gasteiger partial charge in [-0.1, -0.05) is 41.5 Å². The largest absolute Gasteiger partial charge is 0.544 e. The molecule has 3 nitrogen and oxygen atoms in total. The first-order valence-electron chi connectivity index (χ1n) is 10.7. The highest BCUT2D eigenvalue weighted by Gasteiger charge is 2.39. The fraction of sp³-hybridized carbons (Fsp3) is 0.480. The molecule has 0 aromatic heterocycles. The average Bonchev–Trinajstić information content (AvgIpc) is 2.60. The smallest absolute Gasteiger partial charge is 0.250 e. The second kappa shape index (κ2) is 8.35. The van der Waals surface area contributed by atoms with Gasteiger partial charge in [-0.3, -0.25) is 4.79 Å². The molecule has 0 fully saturated rings. The molecule has 0 spiro atoms. The molecule has 0 aliphatic rings. The van der Waals surface area contributed by atoms with Crippen LogP contribution in [-0.2, 0) is 0 Å². The van der Waals surface area contributed by atoms with Crippen LogP contribution < -0.4 is 8.85 Å². The van der Waals surface area contributed by atoms with E-state index in [2.05, 4.69) is 67.7 Å². The molecule has 0 aliphatic carbocycles. The molecule has 2 aromatic carbocycles. The van der Waals surface area contributed by atoms with E-state index in [1.807, 2.05) is 48.5 Å². The predicted octanol–water partition coefficient (Wildman–Crippen LogP) is 7.69. The minimum atomic E-state index is -1.89. The molecule has 0 atom stereocenters. The molecule has 0 amide bonds. The standard InChI is InChI=1S/C25H38O3Si2/c1-24(2,3)29(7,8)27-21-15-11-19(12-16-21)23(26)20-13-17-22(18-14-20)28-30(9,10)25(4,5)6/h11-18H,1-10H3. The quantitative estimate of drug-likeness (QED) is 0.340. The maximum absolute atomic E-state index is 12.9. The van der Waals surface area contributed by atoms with Crippen molar-refractivity contribution in [2.45, 2.75) is 77.8 Å². The Morgan fingerprint density at radius 1 is 0.600 bits per heavy atom. The molecule has 0 unspecified atom stereocenters. The third-order valence-corrected chi connectivity index (χ3v) is 15.3. The van der Waals surface area contributed by atoms with Crippen LogP contribution in [0.2, 0.25) is 36.3 Å². The van der Waals surface area contributed by atoms with E-state index in [9.17, 15) is 4.79 Å². The van der Waals surface area contributed by atoms with Gasteiger partial charge in [-0.25, -0.2) is 0 Å². The summed E-state index contributed by atoms with van der Waals surface area (Å²) < 4.78 is 12.6. The lowest BCUT2D eigenvalue weighted by Gasteiger charge is -2.36. The number of hydrogen-bond acceptors (Lipinski definition) is 3. The van der Waals surface area contributed by atoms with Gasteiger partial charge in [-0.2, -0.15) is 0 Å². The minimum absolute atomic E-state index is 0.00718. The summed E-state index contributed by atoms with van der Waals surface area (Å²) in [5.41, 5.74) is 1.33. The van der Waals surface area contributed by atoms with E-state index in [4.69, 9.17) is 8.85 Å². The van der Waals surface area contributed by atoms with Crippen molar-refractivity contribution in [1.29, 1.82) is 0 Å². The molecule has 2 rings (SSSR count). The summed E-state index contributed by atoms with van der Waals surface area (Å²) in [7, 11) is -3.78. The van der Waals surface area contributed by atoms with Gasteiger partial charge in [0.1, 0.15) is 11.5 Å². The van der Waals surface area contributed by atoms with Crippen LogP contribution in [0.15, 0.2) is 48.5 Å². The Morgan fingerprint density at radius 2 is 0.867 bits per heavy atom. The van der Waals surface area contributed by atoms with Crippen LogP contribution in [0, 0.1) is 0 Å². The SMILES string of the molecule is CC(C)(C)[Si](C)(C)Oc1ccc(C(=O)c2ccc(O[Si](C)(C)C(C)(C)C)cc2)cc1. The van der Waals surface area contributed by atoms with E-state index in [1.54, 1.807) is 0 Å². The van der Waals surface area contributed by atoms with Crippen LogP contribution in [0.5, 0.6) is 11.5 Å². The molecule has 164 valence electrons. The molecule has 30 heavy (non-hydrogen) atoms. The van der Waals surface area contributed by atoms with Gasteiger partial charge < -0.3 is 8.85 Å². The van der Waals surface area contributed by atoms with Crippen LogP contribution in [0.1, 0.15) is 57.5 Å². The van der Waals surface area contributed by atoms with Crippen molar-refractivity contribution < 1.29 is 13.6 Å². The van der Waals surface area contributed by atoms with Crippen molar-refractivity contribution in [1.82, 2.24) is 0 Å². The summed E-state index contributed by atoms with van der Waals surface area (Å²) in [6.45, 7) is 22.2. The van der Waals surface area contributed by atoms with Crippen molar-refractivity contribution in [3.05, 3.63) is 59.7 Å². The van der Waals surface area contributed by atoms with E-state index >= 15 is 0 Å². The first-order valence-corrected chi connectivity index (χ1v) is 16.5. The maximum atomic E-state index is 12.9. The van der Waals surface area contributed by atoms with Gasteiger partial charge in [0, 0.05) is 11.1 Å². The van der Waals surface area contributed by atoms with Gasteiger partial charge in [-0.15, -0.1) is 0 Å². The third-order valence-electron chi connectivity index (χ3n) is 6.59. The van der Waals surface area contributed by atoms with Gasteiger partial charge in [0.25, 0.3) is 0 Å². The summed E-state index contributed by atoms with van der Waals surface area (Å²) in [4.78, 5) is 12.9. The summed E-state index contributed by atoms with van der Waals surface area (Å²) in [6.07, 6.45) is 0. The fourth-order valence-electron chi connectivity index (χ4n) is 2.41. The molecule has 0 radical (unpaired) electrons. The number of carbonyl (C=O) groups is 1. The molecular weight excluding hydrogens is 404 g/mol. The minimum Gasteiger partial charge on any atom is -0.544 e. The molecule has 0 saturated heterocycles. The number of rotatable bonds is 6. The van der Waals surface area contributed by atoms with Gasteiger partial charge in [0.05, 0.1) is 0 Å². The third kappa shape index (κ3) is 5.64. The van der Waals surface area contributed by atoms with Crippen LogP contribution in [0.3, 0.4) is 0 Å². The molecular formula is C25H38O3Si2. The van der Waals surface area contributed by atoms with E-state index in [1.165, 1.54) is 0 Å². The summed E-state index contributed by atoms with van der Waals surface area (Å²) in [5.74, 6) is 1.67.